The summed E-state index contributed by atoms with van der Waals surface area (Å²) in [5.74, 6) is 0.901. The van der Waals surface area contributed by atoms with Crippen LogP contribution in [0.2, 0.25) is 0 Å². The van der Waals surface area contributed by atoms with Gasteiger partial charge >= 0.3 is 0 Å². The molecule has 0 spiro atoms. The number of ether oxygens (including phenoxy) is 1. The number of aromatic nitrogens is 2. The molecule has 0 N–H and O–H groups in total. The van der Waals surface area contributed by atoms with Crippen molar-refractivity contribution in [2.45, 2.75) is 24.5 Å². The van der Waals surface area contributed by atoms with E-state index in [1.807, 2.05) is 29.2 Å². The van der Waals surface area contributed by atoms with E-state index < -0.39 is 4.92 Å². The number of likely N-dealkylation sites (tertiary alicyclic amines) is 1. The predicted octanol–water partition coefficient (Wildman–Crippen LogP) is 4.29. The maximum absolute atomic E-state index is 13.6. The Hall–Kier alpha value is -3.44. The summed E-state index contributed by atoms with van der Waals surface area (Å²) in [6.07, 6.45) is 2.00. The molecule has 1 fully saturated rings. The molecule has 2 aromatic carbocycles. The number of thioether (sulfide) groups is 1. The molecule has 1 aliphatic rings. The lowest BCUT2D eigenvalue weighted by atomic mass is 10.2. The van der Waals surface area contributed by atoms with Crippen molar-refractivity contribution >= 4 is 55.0 Å². The highest BCUT2D eigenvalue weighted by molar-refractivity contribution is 7.99. The Labute approximate surface area is 208 Å². The molecule has 0 aliphatic carbocycles. The second-order valence-corrected chi connectivity index (χ2v) is 10.2. The third-order valence-electron chi connectivity index (χ3n) is 6.02. The molecule has 11 heteroatoms. The minimum atomic E-state index is -0.460. The lowest BCUT2D eigenvalue weighted by Gasteiger charge is -2.16. The van der Waals surface area contributed by atoms with Crippen LogP contribution in [-0.4, -0.2) is 51.2 Å². The molecule has 1 amide bonds. The average Bonchev–Trinajstić information content (AvgIpc) is 3.53. The van der Waals surface area contributed by atoms with E-state index in [9.17, 15) is 19.7 Å². The summed E-state index contributed by atoms with van der Waals surface area (Å²) in [7, 11) is 1.59. The Morgan fingerprint density at radius 1 is 1.20 bits per heavy atom. The Balaban J connectivity index is 1.59. The number of nitro groups is 1. The Morgan fingerprint density at radius 2 is 1.94 bits per heavy atom. The summed E-state index contributed by atoms with van der Waals surface area (Å²) >= 11 is 2.50. The number of nitrogens with zero attached hydrogens (tertiary/aromatic N) is 4. The van der Waals surface area contributed by atoms with E-state index in [-0.39, 0.29) is 29.5 Å². The number of fused-ring (bicyclic) bond motifs is 3. The molecule has 180 valence electrons. The van der Waals surface area contributed by atoms with Gasteiger partial charge in [0.05, 0.1) is 29.8 Å². The first-order chi connectivity index (χ1) is 16.9. The van der Waals surface area contributed by atoms with E-state index in [1.165, 1.54) is 35.2 Å². The van der Waals surface area contributed by atoms with Crippen molar-refractivity contribution in [2.75, 3.05) is 26.0 Å². The lowest BCUT2D eigenvalue weighted by molar-refractivity contribution is -0.384. The maximum Gasteiger partial charge on any atom is 0.272 e. The van der Waals surface area contributed by atoms with Gasteiger partial charge in [0.1, 0.15) is 10.4 Å². The first kappa shape index (κ1) is 23.3. The van der Waals surface area contributed by atoms with E-state index in [2.05, 4.69) is 0 Å². The largest absolute Gasteiger partial charge is 0.497 e. The Morgan fingerprint density at radius 3 is 2.63 bits per heavy atom. The molecule has 1 saturated heterocycles. The number of nitro benzene ring substituents is 1. The topological polar surface area (TPSA) is 108 Å². The SMILES string of the molecule is COc1ccc(Cn2c(SCC(=O)N3CCCC3)nc3c(sc4ccc([N+](=O)[O-])cc43)c2=O)cc1. The van der Waals surface area contributed by atoms with Crippen LogP contribution in [0, 0.1) is 10.1 Å². The molecule has 0 saturated carbocycles. The fourth-order valence-electron chi connectivity index (χ4n) is 4.15. The summed E-state index contributed by atoms with van der Waals surface area (Å²) in [6, 6.07) is 12.0. The van der Waals surface area contributed by atoms with Crippen LogP contribution in [0.1, 0.15) is 18.4 Å². The molecule has 5 rings (SSSR count). The second kappa shape index (κ2) is 9.67. The highest BCUT2D eigenvalue weighted by Crippen LogP contribution is 2.34. The quantitative estimate of drug-likeness (QED) is 0.158. The normalized spacial score (nSPS) is 13.6. The van der Waals surface area contributed by atoms with Crippen LogP contribution in [-0.2, 0) is 11.3 Å². The van der Waals surface area contributed by atoms with Crippen LogP contribution in [0.15, 0.2) is 52.4 Å². The first-order valence-corrected chi connectivity index (χ1v) is 12.9. The molecule has 1 aliphatic heterocycles. The molecular formula is C24H22N4O5S2. The molecule has 3 heterocycles. The van der Waals surface area contributed by atoms with Gasteiger partial charge in [-0.1, -0.05) is 23.9 Å². The zero-order valence-electron chi connectivity index (χ0n) is 18.9. The molecular weight excluding hydrogens is 488 g/mol. The maximum atomic E-state index is 13.6. The van der Waals surface area contributed by atoms with Crippen molar-refractivity contribution in [3.63, 3.8) is 0 Å². The standard InChI is InChI=1S/C24H22N4O5S2/c1-33-17-7-4-15(5-8-17)13-27-23(30)22-21(18-12-16(28(31)32)6-9-19(18)35-22)25-24(27)34-14-20(29)26-10-2-3-11-26/h4-9,12H,2-3,10-11,13-14H2,1H3. The summed E-state index contributed by atoms with van der Waals surface area (Å²) in [5.41, 5.74) is 1.03. The third kappa shape index (κ3) is 4.61. The fraction of sp³-hybridized carbons (Fsp3) is 0.292. The minimum absolute atomic E-state index is 0.0173. The van der Waals surface area contributed by atoms with Crippen LogP contribution in [0.4, 0.5) is 5.69 Å². The van der Waals surface area contributed by atoms with Gasteiger partial charge in [-0.3, -0.25) is 24.3 Å². The van der Waals surface area contributed by atoms with Crippen molar-refractivity contribution in [1.29, 1.82) is 0 Å². The number of hydrogen-bond acceptors (Lipinski definition) is 8. The number of benzene rings is 2. The summed E-state index contributed by atoms with van der Waals surface area (Å²) in [5, 5.41) is 12.3. The highest BCUT2D eigenvalue weighted by Gasteiger charge is 2.22. The van der Waals surface area contributed by atoms with E-state index in [4.69, 9.17) is 9.72 Å². The minimum Gasteiger partial charge on any atom is -0.497 e. The van der Waals surface area contributed by atoms with Crippen molar-refractivity contribution < 1.29 is 14.5 Å². The second-order valence-electron chi connectivity index (χ2n) is 8.23. The number of amides is 1. The summed E-state index contributed by atoms with van der Waals surface area (Å²) in [4.78, 5) is 43.8. The van der Waals surface area contributed by atoms with Crippen molar-refractivity contribution in [1.82, 2.24) is 14.5 Å². The molecule has 0 bridgehead atoms. The van der Waals surface area contributed by atoms with Crippen LogP contribution < -0.4 is 10.3 Å². The third-order valence-corrected chi connectivity index (χ3v) is 8.13. The summed E-state index contributed by atoms with van der Waals surface area (Å²) in [6.45, 7) is 1.78. The first-order valence-electron chi connectivity index (χ1n) is 11.1. The number of hydrogen-bond donors (Lipinski definition) is 0. The number of methoxy groups -OCH3 is 1. The van der Waals surface area contributed by atoms with Gasteiger partial charge in [0.15, 0.2) is 5.16 Å². The molecule has 9 nitrogen and oxygen atoms in total. The monoisotopic (exact) mass is 510 g/mol. The number of carbonyl (C=O) groups excluding carboxylic acids is 1. The van der Waals surface area contributed by atoms with Gasteiger partial charge in [0, 0.05) is 35.3 Å². The van der Waals surface area contributed by atoms with Crippen molar-refractivity contribution in [3.05, 3.63) is 68.5 Å². The van der Waals surface area contributed by atoms with E-state index >= 15 is 0 Å². The fourth-order valence-corrected chi connectivity index (χ4v) is 6.12. The van der Waals surface area contributed by atoms with Gasteiger partial charge in [0.2, 0.25) is 5.91 Å². The van der Waals surface area contributed by atoms with E-state index in [1.54, 1.807) is 17.7 Å². The van der Waals surface area contributed by atoms with Gasteiger partial charge < -0.3 is 9.64 Å². The Bertz CT molecular complexity index is 1490. The van der Waals surface area contributed by atoms with Crippen LogP contribution >= 0.6 is 23.1 Å². The molecule has 4 aromatic rings. The highest BCUT2D eigenvalue weighted by atomic mass is 32.2. The number of non-ortho nitro benzene ring substituents is 1. The molecule has 2 aromatic heterocycles. The van der Waals surface area contributed by atoms with Crippen molar-refractivity contribution in [2.24, 2.45) is 0 Å². The van der Waals surface area contributed by atoms with Gasteiger partial charge in [-0.05, 0) is 36.6 Å². The van der Waals surface area contributed by atoms with Crippen LogP contribution in [0.25, 0.3) is 20.3 Å². The lowest BCUT2D eigenvalue weighted by Crippen LogP contribution is -2.30. The number of thiophene rings is 1. The number of carbonyl (C=O) groups is 1. The zero-order chi connectivity index (χ0) is 24.5. The number of rotatable bonds is 7. The smallest absolute Gasteiger partial charge is 0.272 e. The zero-order valence-corrected chi connectivity index (χ0v) is 20.6. The predicted molar refractivity (Wildman–Crippen MR) is 137 cm³/mol. The van der Waals surface area contributed by atoms with Crippen LogP contribution in [0.3, 0.4) is 0 Å². The van der Waals surface area contributed by atoms with Crippen molar-refractivity contribution in [3.8, 4) is 5.75 Å². The molecule has 0 unspecified atom stereocenters. The van der Waals surface area contributed by atoms with E-state index in [0.717, 1.165) is 36.2 Å². The molecule has 0 atom stereocenters. The Kier molecular flexibility index (Phi) is 6.44. The van der Waals surface area contributed by atoms with Gasteiger partial charge in [-0.15, -0.1) is 11.3 Å². The molecule has 0 radical (unpaired) electrons. The van der Waals surface area contributed by atoms with E-state index in [0.29, 0.717) is 26.5 Å². The van der Waals surface area contributed by atoms with Gasteiger partial charge in [-0.2, -0.15) is 0 Å². The average molecular weight is 511 g/mol. The summed E-state index contributed by atoms with van der Waals surface area (Å²) < 4.78 is 7.99. The van der Waals surface area contributed by atoms with Crippen LogP contribution in [0.5, 0.6) is 5.75 Å². The molecule has 35 heavy (non-hydrogen) atoms. The van der Waals surface area contributed by atoms with Gasteiger partial charge in [0.25, 0.3) is 11.2 Å². The van der Waals surface area contributed by atoms with Gasteiger partial charge in [-0.25, -0.2) is 4.98 Å².